The molecule has 0 bridgehead atoms. The first-order valence-electron chi connectivity index (χ1n) is 6.13. The fourth-order valence-corrected chi connectivity index (χ4v) is 2.73. The Morgan fingerprint density at radius 1 is 1.33 bits per heavy atom. The third-order valence-electron chi connectivity index (χ3n) is 2.98. The van der Waals surface area contributed by atoms with Crippen LogP contribution in [-0.2, 0) is 0 Å². The molecule has 0 atom stereocenters. The van der Waals surface area contributed by atoms with Crippen LogP contribution in [0, 0.1) is 6.92 Å². The highest BCUT2D eigenvalue weighted by molar-refractivity contribution is 9.10. The molecule has 110 valence electrons. The van der Waals surface area contributed by atoms with Crippen molar-refractivity contribution in [3.8, 4) is 5.75 Å². The van der Waals surface area contributed by atoms with Crippen LogP contribution >= 0.6 is 27.5 Å². The maximum absolute atomic E-state index is 12.4. The quantitative estimate of drug-likeness (QED) is 0.795. The van der Waals surface area contributed by atoms with Crippen molar-refractivity contribution >= 4 is 44.8 Å². The van der Waals surface area contributed by atoms with E-state index in [0.717, 1.165) is 10.0 Å². The SMILES string of the molecule is COc1cc(Cl)ccc1C(=O)Nc1c(C)cc(Br)cc1N. The van der Waals surface area contributed by atoms with Crippen LogP contribution in [0.25, 0.3) is 0 Å². The third-order valence-corrected chi connectivity index (χ3v) is 3.67. The van der Waals surface area contributed by atoms with E-state index >= 15 is 0 Å². The van der Waals surface area contributed by atoms with Gasteiger partial charge in [-0.1, -0.05) is 27.5 Å². The van der Waals surface area contributed by atoms with Gasteiger partial charge in [0.25, 0.3) is 5.91 Å². The average Bonchev–Trinajstić information content (AvgIpc) is 2.42. The van der Waals surface area contributed by atoms with Crippen molar-refractivity contribution in [2.24, 2.45) is 0 Å². The third kappa shape index (κ3) is 3.49. The Morgan fingerprint density at radius 2 is 2.05 bits per heavy atom. The summed E-state index contributed by atoms with van der Waals surface area (Å²) in [5.74, 6) is 0.106. The van der Waals surface area contributed by atoms with E-state index in [-0.39, 0.29) is 5.91 Å². The molecule has 21 heavy (non-hydrogen) atoms. The number of hydrogen-bond acceptors (Lipinski definition) is 3. The first kappa shape index (κ1) is 15.7. The molecule has 0 spiro atoms. The molecule has 0 aliphatic carbocycles. The highest BCUT2D eigenvalue weighted by atomic mass is 79.9. The number of ether oxygens (including phenoxy) is 1. The van der Waals surface area contributed by atoms with E-state index in [1.54, 1.807) is 24.3 Å². The van der Waals surface area contributed by atoms with Crippen LogP contribution in [0.2, 0.25) is 5.02 Å². The summed E-state index contributed by atoms with van der Waals surface area (Å²) in [6.07, 6.45) is 0. The molecule has 0 heterocycles. The van der Waals surface area contributed by atoms with Gasteiger partial charge < -0.3 is 15.8 Å². The van der Waals surface area contributed by atoms with Gasteiger partial charge in [0.15, 0.2) is 0 Å². The van der Waals surface area contributed by atoms with Crippen molar-refractivity contribution in [2.75, 3.05) is 18.2 Å². The molecule has 4 nitrogen and oxygen atoms in total. The molecular formula is C15H14BrClN2O2. The van der Waals surface area contributed by atoms with E-state index < -0.39 is 0 Å². The van der Waals surface area contributed by atoms with Crippen molar-refractivity contribution in [1.29, 1.82) is 0 Å². The summed E-state index contributed by atoms with van der Waals surface area (Å²) < 4.78 is 6.04. The van der Waals surface area contributed by atoms with Crippen LogP contribution < -0.4 is 15.8 Å². The number of aryl methyl sites for hydroxylation is 1. The Morgan fingerprint density at radius 3 is 2.67 bits per heavy atom. The Bertz CT molecular complexity index is 681. The minimum Gasteiger partial charge on any atom is -0.496 e. The van der Waals surface area contributed by atoms with E-state index in [4.69, 9.17) is 22.1 Å². The molecule has 0 unspecified atom stereocenters. The molecule has 0 aliphatic rings. The lowest BCUT2D eigenvalue weighted by molar-refractivity contribution is 0.102. The van der Waals surface area contributed by atoms with Crippen molar-refractivity contribution in [3.05, 3.63) is 51.0 Å². The van der Waals surface area contributed by atoms with E-state index in [1.165, 1.54) is 7.11 Å². The zero-order chi connectivity index (χ0) is 15.6. The highest BCUT2D eigenvalue weighted by Crippen LogP contribution is 2.30. The second-order valence-electron chi connectivity index (χ2n) is 4.49. The van der Waals surface area contributed by atoms with E-state index in [2.05, 4.69) is 21.2 Å². The predicted molar refractivity (Wildman–Crippen MR) is 89.2 cm³/mol. The number of benzene rings is 2. The van der Waals surface area contributed by atoms with Gasteiger partial charge in [-0.05, 0) is 42.8 Å². The number of carbonyl (C=O) groups excluding carboxylic acids is 1. The van der Waals surface area contributed by atoms with Gasteiger partial charge in [0.1, 0.15) is 5.75 Å². The van der Waals surface area contributed by atoms with E-state index in [1.807, 2.05) is 13.0 Å². The van der Waals surface area contributed by atoms with Crippen LogP contribution in [-0.4, -0.2) is 13.0 Å². The molecule has 2 aromatic carbocycles. The maximum atomic E-state index is 12.4. The summed E-state index contributed by atoms with van der Waals surface area (Å²) in [5, 5.41) is 3.31. The average molecular weight is 370 g/mol. The van der Waals surface area contributed by atoms with Crippen molar-refractivity contribution in [3.63, 3.8) is 0 Å². The summed E-state index contributed by atoms with van der Waals surface area (Å²) >= 11 is 9.25. The van der Waals surface area contributed by atoms with Crippen LogP contribution in [0.5, 0.6) is 5.75 Å². The minimum atomic E-state index is -0.305. The van der Waals surface area contributed by atoms with Gasteiger partial charge in [-0.3, -0.25) is 4.79 Å². The number of nitrogens with two attached hydrogens (primary N) is 1. The molecule has 6 heteroatoms. The highest BCUT2D eigenvalue weighted by Gasteiger charge is 2.15. The molecule has 0 fully saturated rings. The van der Waals surface area contributed by atoms with E-state index in [9.17, 15) is 4.79 Å². The van der Waals surface area contributed by atoms with Gasteiger partial charge in [0.2, 0.25) is 0 Å². The van der Waals surface area contributed by atoms with Crippen molar-refractivity contribution in [1.82, 2.24) is 0 Å². The number of carbonyl (C=O) groups is 1. The fourth-order valence-electron chi connectivity index (χ4n) is 1.97. The monoisotopic (exact) mass is 368 g/mol. The Labute approximate surface area is 136 Å². The molecule has 2 rings (SSSR count). The largest absolute Gasteiger partial charge is 0.496 e. The summed E-state index contributed by atoms with van der Waals surface area (Å²) in [6, 6.07) is 8.46. The first-order chi connectivity index (χ1) is 9.92. The van der Waals surface area contributed by atoms with Crippen molar-refractivity contribution < 1.29 is 9.53 Å². The fraction of sp³-hybridized carbons (Fsp3) is 0.133. The van der Waals surface area contributed by atoms with E-state index in [0.29, 0.717) is 27.7 Å². The number of rotatable bonds is 3. The number of nitrogen functional groups attached to an aromatic ring is 1. The number of methoxy groups -OCH3 is 1. The van der Waals surface area contributed by atoms with Crippen molar-refractivity contribution in [2.45, 2.75) is 6.92 Å². The minimum absolute atomic E-state index is 0.305. The number of anilines is 2. The lowest BCUT2D eigenvalue weighted by Gasteiger charge is -2.13. The van der Waals surface area contributed by atoms with Crippen LogP contribution in [0.15, 0.2) is 34.8 Å². The molecule has 0 radical (unpaired) electrons. The Balaban J connectivity index is 2.35. The molecular weight excluding hydrogens is 356 g/mol. The Kier molecular flexibility index (Phi) is 4.75. The smallest absolute Gasteiger partial charge is 0.259 e. The molecule has 3 N–H and O–H groups in total. The molecule has 0 aliphatic heterocycles. The molecule has 0 aromatic heterocycles. The molecule has 0 saturated heterocycles. The van der Waals surface area contributed by atoms with Crippen LogP contribution in [0.4, 0.5) is 11.4 Å². The van der Waals surface area contributed by atoms with Gasteiger partial charge in [0, 0.05) is 9.50 Å². The summed E-state index contributed by atoms with van der Waals surface area (Å²) in [5.41, 5.74) is 8.28. The van der Waals surface area contributed by atoms with Gasteiger partial charge in [-0.15, -0.1) is 0 Å². The molecule has 2 aromatic rings. The lowest BCUT2D eigenvalue weighted by Crippen LogP contribution is -2.15. The second-order valence-corrected chi connectivity index (χ2v) is 5.84. The molecule has 1 amide bonds. The van der Waals surface area contributed by atoms with Gasteiger partial charge in [0.05, 0.1) is 24.0 Å². The zero-order valence-electron chi connectivity index (χ0n) is 11.5. The van der Waals surface area contributed by atoms with Crippen LogP contribution in [0.3, 0.4) is 0 Å². The van der Waals surface area contributed by atoms with Crippen LogP contribution in [0.1, 0.15) is 15.9 Å². The standard InChI is InChI=1S/C15H14BrClN2O2/c1-8-5-9(16)6-12(18)14(8)19-15(20)11-4-3-10(17)7-13(11)21-2/h3-7H,18H2,1-2H3,(H,19,20). The summed E-state index contributed by atoms with van der Waals surface area (Å²) in [4.78, 5) is 12.4. The number of amides is 1. The summed E-state index contributed by atoms with van der Waals surface area (Å²) in [6.45, 7) is 1.87. The van der Waals surface area contributed by atoms with Gasteiger partial charge in [-0.2, -0.15) is 0 Å². The van der Waals surface area contributed by atoms with Gasteiger partial charge >= 0.3 is 0 Å². The number of hydrogen-bond donors (Lipinski definition) is 2. The normalized spacial score (nSPS) is 10.3. The molecule has 0 saturated carbocycles. The first-order valence-corrected chi connectivity index (χ1v) is 7.30. The second kappa shape index (κ2) is 6.37. The summed E-state index contributed by atoms with van der Waals surface area (Å²) in [7, 11) is 1.49. The lowest BCUT2D eigenvalue weighted by atomic mass is 10.1. The predicted octanol–water partition coefficient (Wildman–Crippen LogP) is 4.25. The zero-order valence-corrected chi connectivity index (χ0v) is 13.9. The topological polar surface area (TPSA) is 64.3 Å². The number of nitrogens with one attached hydrogen (secondary N) is 1. The number of halogens is 2. The van der Waals surface area contributed by atoms with Gasteiger partial charge in [-0.25, -0.2) is 0 Å². The Hall–Kier alpha value is -1.72. The maximum Gasteiger partial charge on any atom is 0.259 e.